The van der Waals surface area contributed by atoms with Crippen molar-refractivity contribution >= 4 is 27.0 Å². The first kappa shape index (κ1) is 18.1. The summed E-state index contributed by atoms with van der Waals surface area (Å²) in [4.78, 5) is 6.96. The minimum atomic E-state index is -3.51. The molecule has 2 N–H and O–H groups in total. The fourth-order valence-electron chi connectivity index (χ4n) is 3.19. The van der Waals surface area contributed by atoms with Crippen LogP contribution in [-0.2, 0) is 10.0 Å². The highest BCUT2D eigenvalue weighted by molar-refractivity contribution is 7.89. The number of hydrogen-bond donors (Lipinski definition) is 1. The van der Waals surface area contributed by atoms with Crippen molar-refractivity contribution in [3.63, 3.8) is 0 Å². The molecular weight excluding hydrogens is 384 g/mol. The van der Waals surface area contributed by atoms with Crippen LogP contribution in [0.5, 0.6) is 0 Å². The number of nitrogen functional groups attached to an aromatic ring is 1. The summed E-state index contributed by atoms with van der Waals surface area (Å²) >= 11 is 1.62. The van der Waals surface area contributed by atoms with Gasteiger partial charge in [0.2, 0.25) is 21.7 Å². The van der Waals surface area contributed by atoms with Gasteiger partial charge in [0.25, 0.3) is 0 Å². The molecule has 1 aliphatic heterocycles. The Hall–Kier alpha value is -2.23. The SMILES string of the molecule is Cc1ccc(-c2noc(C3CCN(S(=O)(=O)c4ccc(N)cc4)CC3)n2)s1. The number of nitrogens with zero attached hydrogens (tertiary/aromatic N) is 3. The van der Waals surface area contributed by atoms with Crippen LogP contribution in [0, 0.1) is 6.92 Å². The van der Waals surface area contributed by atoms with E-state index in [0.29, 0.717) is 43.3 Å². The molecule has 1 fully saturated rings. The highest BCUT2D eigenvalue weighted by atomic mass is 32.2. The van der Waals surface area contributed by atoms with Crippen LogP contribution in [0.15, 0.2) is 45.8 Å². The molecule has 0 atom stereocenters. The Morgan fingerprint density at radius 3 is 2.48 bits per heavy atom. The molecule has 0 bridgehead atoms. The van der Waals surface area contributed by atoms with Crippen molar-refractivity contribution in [2.24, 2.45) is 0 Å². The maximum atomic E-state index is 12.8. The smallest absolute Gasteiger partial charge is 0.243 e. The van der Waals surface area contributed by atoms with Crippen LogP contribution in [0.1, 0.15) is 29.5 Å². The molecule has 1 aromatic carbocycles. The maximum absolute atomic E-state index is 12.8. The van der Waals surface area contributed by atoms with Gasteiger partial charge in [-0.1, -0.05) is 5.16 Å². The zero-order valence-corrected chi connectivity index (χ0v) is 16.5. The molecule has 7 nitrogen and oxygen atoms in total. The van der Waals surface area contributed by atoms with E-state index in [9.17, 15) is 8.42 Å². The standard InChI is InChI=1S/C18H20N4O3S2/c1-12-2-7-16(26-12)17-20-18(25-21-17)13-8-10-22(11-9-13)27(23,24)15-5-3-14(19)4-6-15/h2-7,13H,8-11,19H2,1H3. The molecule has 0 saturated carbocycles. The molecule has 27 heavy (non-hydrogen) atoms. The lowest BCUT2D eigenvalue weighted by molar-refractivity contribution is 0.271. The highest BCUT2D eigenvalue weighted by Crippen LogP contribution is 2.32. The van der Waals surface area contributed by atoms with Gasteiger partial charge in [0, 0.05) is 29.6 Å². The van der Waals surface area contributed by atoms with Crippen molar-refractivity contribution in [3.8, 4) is 10.7 Å². The van der Waals surface area contributed by atoms with Crippen molar-refractivity contribution in [2.45, 2.75) is 30.6 Å². The summed E-state index contributed by atoms with van der Waals surface area (Å²) in [7, 11) is -3.51. The van der Waals surface area contributed by atoms with Gasteiger partial charge in [-0.2, -0.15) is 9.29 Å². The third kappa shape index (κ3) is 3.62. The highest BCUT2D eigenvalue weighted by Gasteiger charge is 2.32. The molecule has 1 aliphatic rings. The number of thiophene rings is 1. The minimum Gasteiger partial charge on any atom is -0.399 e. The van der Waals surface area contributed by atoms with Crippen LogP contribution in [0.2, 0.25) is 0 Å². The Labute approximate surface area is 161 Å². The molecule has 4 rings (SSSR count). The molecule has 0 radical (unpaired) electrons. The van der Waals surface area contributed by atoms with E-state index in [2.05, 4.69) is 10.1 Å². The predicted octanol–water partition coefficient (Wildman–Crippen LogP) is 3.26. The second-order valence-electron chi connectivity index (χ2n) is 6.61. The molecule has 0 aliphatic carbocycles. The second-order valence-corrected chi connectivity index (χ2v) is 9.84. The summed E-state index contributed by atoms with van der Waals surface area (Å²) in [6, 6.07) is 10.3. The van der Waals surface area contributed by atoms with Gasteiger partial charge in [-0.15, -0.1) is 11.3 Å². The Balaban J connectivity index is 1.44. The lowest BCUT2D eigenvalue weighted by atomic mass is 9.98. The molecule has 142 valence electrons. The number of benzene rings is 1. The number of nitrogens with two attached hydrogens (primary N) is 1. The summed E-state index contributed by atoms with van der Waals surface area (Å²) in [5.74, 6) is 1.26. The number of sulfonamides is 1. The van der Waals surface area contributed by atoms with Crippen LogP contribution in [-0.4, -0.2) is 36.0 Å². The normalized spacial score (nSPS) is 16.6. The quantitative estimate of drug-likeness (QED) is 0.670. The van der Waals surface area contributed by atoms with Crippen molar-refractivity contribution in [3.05, 3.63) is 47.2 Å². The molecule has 0 spiro atoms. The van der Waals surface area contributed by atoms with Gasteiger partial charge in [-0.05, 0) is 56.2 Å². The van der Waals surface area contributed by atoms with E-state index in [-0.39, 0.29) is 10.8 Å². The Kier molecular flexibility index (Phi) is 4.75. The molecule has 3 heterocycles. The number of hydrogen-bond acceptors (Lipinski definition) is 7. The number of piperidine rings is 1. The van der Waals surface area contributed by atoms with E-state index in [4.69, 9.17) is 10.3 Å². The topological polar surface area (TPSA) is 102 Å². The molecule has 0 amide bonds. The minimum absolute atomic E-state index is 0.0742. The largest absolute Gasteiger partial charge is 0.399 e. The van der Waals surface area contributed by atoms with E-state index < -0.39 is 10.0 Å². The zero-order chi connectivity index (χ0) is 19.0. The lowest BCUT2D eigenvalue weighted by Crippen LogP contribution is -2.37. The first-order chi connectivity index (χ1) is 12.9. The molecular formula is C18H20N4O3S2. The van der Waals surface area contributed by atoms with Crippen molar-refractivity contribution in [1.82, 2.24) is 14.4 Å². The zero-order valence-electron chi connectivity index (χ0n) is 14.8. The summed E-state index contributed by atoms with van der Waals surface area (Å²) in [6.07, 6.45) is 1.30. The summed E-state index contributed by atoms with van der Waals surface area (Å²) in [6.45, 7) is 2.88. The summed E-state index contributed by atoms with van der Waals surface area (Å²) < 4.78 is 32.5. The van der Waals surface area contributed by atoms with Crippen LogP contribution in [0.4, 0.5) is 5.69 Å². The van der Waals surface area contributed by atoms with E-state index >= 15 is 0 Å². The molecule has 0 unspecified atom stereocenters. The predicted molar refractivity (Wildman–Crippen MR) is 104 cm³/mol. The van der Waals surface area contributed by atoms with E-state index in [0.717, 1.165) is 4.88 Å². The average Bonchev–Trinajstić information content (AvgIpc) is 3.31. The Bertz CT molecular complexity index is 1030. The van der Waals surface area contributed by atoms with Gasteiger partial charge in [-0.25, -0.2) is 8.42 Å². The van der Waals surface area contributed by atoms with Crippen LogP contribution in [0.3, 0.4) is 0 Å². The third-order valence-corrected chi connectivity index (χ3v) is 7.63. The Morgan fingerprint density at radius 1 is 1.15 bits per heavy atom. The molecule has 1 saturated heterocycles. The number of aromatic nitrogens is 2. The number of aryl methyl sites for hydroxylation is 1. The van der Waals surface area contributed by atoms with Crippen LogP contribution in [0.25, 0.3) is 10.7 Å². The van der Waals surface area contributed by atoms with Gasteiger partial charge in [0.05, 0.1) is 9.77 Å². The Morgan fingerprint density at radius 2 is 1.85 bits per heavy atom. The third-order valence-electron chi connectivity index (χ3n) is 4.72. The lowest BCUT2D eigenvalue weighted by Gasteiger charge is -2.29. The molecule has 9 heteroatoms. The number of anilines is 1. The van der Waals surface area contributed by atoms with Crippen molar-refractivity contribution < 1.29 is 12.9 Å². The van der Waals surface area contributed by atoms with Crippen LogP contribution >= 0.6 is 11.3 Å². The van der Waals surface area contributed by atoms with Gasteiger partial charge in [0.15, 0.2) is 0 Å². The summed E-state index contributed by atoms with van der Waals surface area (Å²) in [5, 5.41) is 4.08. The van der Waals surface area contributed by atoms with E-state index in [1.165, 1.54) is 9.18 Å². The van der Waals surface area contributed by atoms with Crippen molar-refractivity contribution in [1.29, 1.82) is 0 Å². The fraction of sp³-hybridized carbons (Fsp3) is 0.333. The monoisotopic (exact) mass is 404 g/mol. The fourth-order valence-corrected chi connectivity index (χ4v) is 5.45. The van der Waals surface area contributed by atoms with Gasteiger partial charge in [-0.3, -0.25) is 0 Å². The van der Waals surface area contributed by atoms with Gasteiger partial charge in [0.1, 0.15) is 0 Å². The average molecular weight is 405 g/mol. The maximum Gasteiger partial charge on any atom is 0.243 e. The van der Waals surface area contributed by atoms with Crippen LogP contribution < -0.4 is 5.73 Å². The van der Waals surface area contributed by atoms with E-state index in [1.54, 1.807) is 35.6 Å². The first-order valence-corrected chi connectivity index (χ1v) is 11.0. The molecule has 3 aromatic rings. The van der Waals surface area contributed by atoms with Crippen molar-refractivity contribution in [2.75, 3.05) is 18.8 Å². The number of rotatable bonds is 4. The second kappa shape index (κ2) is 7.06. The van der Waals surface area contributed by atoms with Gasteiger partial charge < -0.3 is 10.3 Å². The van der Waals surface area contributed by atoms with E-state index in [1.807, 2.05) is 19.1 Å². The summed E-state index contributed by atoms with van der Waals surface area (Å²) in [5.41, 5.74) is 6.19. The van der Waals surface area contributed by atoms with Gasteiger partial charge >= 0.3 is 0 Å². The molecule has 2 aromatic heterocycles. The first-order valence-electron chi connectivity index (χ1n) is 8.69.